The van der Waals surface area contributed by atoms with E-state index in [0.717, 1.165) is 34.2 Å². The van der Waals surface area contributed by atoms with Gasteiger partial charge in [-0.05, 0) is 83.7 Å². The molecule has 0 fully saturated rings. The summed E-state index contributed by atoms with van der Waals surface area (Å²) in [5, 5.41) is 0. The zero-order valence-corrected chi connectivity index (χ0v) is 29.4. The molecule has 0 unspecified atom stereocenters. The Labute approximate surface area is 257 Å². The van der Waals surface area contributed by atoms with Gasteiger partial charge >= 0.3 is 0 Å². The lowest BCUT2D eigenvalue weighted by Gasteiger charge is -2.29. The van der Waals surface area contributed by atoms with E-state index in [1.54, 1.807) is 0 Å². The highest BCUT2D eigenvalue weighted by Gasteiger charge is 2.28. The Bertz CT molecular complexity index is 1340. The van der Waals surface area contributed by atoms with E-state index in [2.05, 4.69) is 153 Å². The third-order valence-electron chi connectivity index (χ3n) is 7.79. The molecule has 0 bridgehead atoms. The van der Waals surface area contributed by atoms with E-state index in [9.17, 15) is 0 Å². The van der Waals surface area contributed by atoms with Gasteiger partial charge in [0.05, 0.1) is 34.2 Å². The van der Waals surface area contributed by atoms with Gasteiger partial charge in [0.15, 0.2) is 0 Å². The van der Waals surface area contributed by atoms with Crippen molar-refractivity contribution in [3.05, 3.63) is 87.2 Å². The molecule has 0 radical (unpaired) electrons. The molecule has 1 aromatic heterocycles. The minimum absolute atomic E-state index is 0.0345. The molecule has 0 aliphatic carbocycles. The van der Waals surface area contributed by atoms with Gasteiger partial charge in [-0.3, -0.25) is 9.98 Å². The quantitative estimate of drug-likeness (QED) is 0.290. The summed E-state index contributed by atoms with van der Waals surface area (Å²) in [6.07, 6.45) is 0. The highest BCUT2D eigenvalue weighted by Crippen LogP contribution is 2.42. The van der Waals surface area contributed by atoms with Gasteiger partial charge in [0.2, 0.25) is 0 Å². The molecule has 3 nitrogen and oxygen atoms in total. The van der Waals surface area contributed by atoms with E-state index in [0.29, 0.717) is 0 Å². The molecule has 0 atom stereocenters. The van der Waals surface area contributed by atoms with Crippen molar-refractivity contribution in [1.29, 1.82) is 0 Å². The summed E-state index contributed by atoms with van der Waals surface area (Å²) in [5.74, 6) is 0. The second kappa shape index (κ2) is 11.5. The van der Waals surface area contributed by atoms with Gasteiger partial charge in [-0.25, -0.2) is 4.98 Å². The summed E-state index contributed by atoms with van der Waals surface area (Å²) >= 11 is 0. The Morgan fingerprint density at radius 1 is 0.500 bits per heavy atom. The van der Waals surface area contributed by atoms with Gasteiger partial charge in [-0.15, -0.1) is 0 Å². The first-order valence-electron chi connectivity index (χ1n) is 15.4. The molecule has 0 aliphatic rings. The first-order chi connectivity index (χ1) is 19.0. The molecule has 0 aliphatic heterocycles. The monoisotopic (exact) mass is 565 g/mol. The summed E-state index contributed by atoms with van der Waals surface area (Å²) < 4.78 is 0. The molecular weight excluding hydrogens is 510 g/mol. The minimum Gasteiger partial charge on any atom is -0.251 e. The lowest BCUT2D eigenvalue weighted by Crippen LogP contribution is -2.18. The highest BCUT2D eigenvalue weighted by atomic mass is 14.8. The van der Waals surface area contributed by atoms with Crippen LogP contribution in [-0.2, 0) is 21.7 Å². The first-order valence-corrected chi connectivity index (χ1v) is 15.4. The predicted octanol–water partition coefficient (Wildman–Crippen LogP) is 11.2. The van der Waals surface area contributed by atoms with Crippen molar-refractivity contribution >= 4 is 22.8 Å². The molecule has 0 saturated carbocycles. The smallest absolute Gasteiger partial charge is 0.0849 e. The Morgan fingerprint density at radius 2 is 0.762 bits per heavy atom. The maximum Gasteiger partial charge on any atom is 0.0849 e. The summed E-state index contributed by atoms with van der Waals surface area (Å²) in [6.45, 7) is 35.7. The first kappa shape index (κ1) is 33.4. The van der Waals surface area contributed by atoms with Crippen molar-refractivity contribution < 1.29 is 0 Å². The standard InChI is InChI=1S/C39H55N3/c1-24-20-28(36(5,6)7)34(29(21-24)37(8,9)10)40-26(3)32-18-17-19-33(42-32)27(4)41-35-30(38(11,12)13)22-25(2)23-31(35)39(14,15)16/h17-23H,1-16H3/b40-26+,41-27+. The average Bonchev–Trinajstić information content (AvgIpc) is 2.83. The van der Waals surface area contributed by atoms with Crippen molar-refractivity contribution in [1.82, 2.24) is 4.98 Å². The summed E-state index contributed by atoms with van der Waals surface area (Å²) in [5.41, 5.74) is 13.2. The number of pyridine rings is 1. The average molecular weight is 566 g/mol. The van der Waals surface area contributed by atoms with Crippen LogP contribution in [0.5, 0.6) is 0 Å². The molecule has 3 aromatic rings. The molecule has 0 spiro atoms. The second-order valence-corrected chi connectivity index (χ2v) is 16.2. The maximum atomic E-state index is 5.30. The third-order valence-corrected chi connectivity index (χ3v) is 7.79. The Balaban J connectivity index is 2.21. The molecule has 2 aromatic carbocycles. The topological polar surface area (TPSA) is 37.6 Å². The van der Waals surface area contributed by atoms with Crippen molar-refractivity contribution in [2.45, 2.75) is 132 Å². The lowest BCUT2D eigenvalue weighted by molar-refractivity contribution is 0.569. The van der Waals surface area contributed by atoms with E-state index in [-0.39, 0.29) is 21.7 Å². The van der Waals surface area contributed by atoms with Gasteiger partial charge in [-0.1, -0.05) is 125 Å². The summed E-state index contributed by atoms with van der Waals surface area (Å²) in [6, 6.07) is 15.4. The van der Waals surface area contributed by atoms with Gasteiger partial charge < -0.3 is 0 Å². The van der Waals surface area contributed by atoms with Gasteiger partial charge in [-0.2, -0.15) is 0 Å². The van der Waals surface area contributed by atoms with Crippen LogP contribution in [0.3, 0.4) is 0 Å². The van der Waals surface area contributed by atoms with Crippen molar-refractivity contribution in [3.8, 4) is 0 Å². The number of aromatic nitrogens is 1. The fraction of sp³-hybridized carbons (Fsp3) is 0.513. The summed E-state index contributed by atoms with van der Waals surface area (Å²) in [7, 11) is 0. The number of aryl methyl sites for hydroxylation is 2. The van der Waals surface area contributed by atoms with E-state index >= 15 is 0 Å². The molecular formula is C39H55N3. The number of hydrogen-bond donors (Lipinski definition) is 0. The number of aliphatic imine (C=N–C) groups is 2. The largest absolute Gasteiger partial charge is 0.251 e. The number of nitrogens with zero attached hydrogens (tertiary/aromatic N) is 3. The van der Waals surface area contributed by atoms with Crippen LogP contribution >= 0.6 is 0 Å². The zero-order chi connectivity index (χ0) is 32.0. The van der Waals surface area contributed by atoms with E-state index in [1.807, 2.05) is 0 Å². The molecule has 3 heteroatoms. The second-order valence-electron chi connectivity index (χ2n) is 16.2. The summed E-state index contributed by atoms with van der Waals surface area (Å²) in [4.78, 5) is 15.7. The Morgan fingerprint density at radius 3 is 1.00 bits per heavy atom. The van der Waals surface area contributed by atoms with Crippen molar-refractivity contribution in [2.24, 2.45) is 9.98 Å². The zero-order valence-electron chi connectivity index (χ0n) is 29.4. The van der Waals surface area contributed by atoms with E-state index in [1.165, 1.54) is 33.4 Å². The highest BCUT2D eigenvalue weighted by molar-refractivity contribution is 6.02. The van der Waals surface area contributed by atoms with Crippen LogP contribution < -0.4 is 0 Å². The molecule has 0 saturated heterocycles. The molecule has 226 valence electrons. The molecule has 1 heterocycles. The number of benzene rings is 2. The minimum atomic E-state index is -0.0345. The van der Waals surface area contributed by atoms with Crippen LogP contribution in [0.2, 0.25) is 0 Å². The maximum absolute atomic E-state index is 5.30. The van der Waals surface area contributed by atoms with Gasteiger partial charge in [0, 0.05) is 0 Å². The Kier molecular flexibility index (Phi) is 9.19. The molecule has 0 N–H and O–H groups in total. The van der Waals surface area contributed by atoms with Crippen LogP contribution in [0.1, 0.15) is 142 Å². The van der Waals surface area contributed by atoms with Crippen molar-refractivity contribution in [3.63, 3.8) is 0 Å². The predicted molar refractivity (Wildman–Crippen MR) is 185 cm³/mol. The molecule has 0 amide bonds. The Hall–Kier alpha value is -3.07. The molecule has 42 heavy (non-hydrogen) atoms. The fourth-order valence-corrected chi connectivity index (χ4v) is 5.37. The van der Waals surface area contributed by atoms with Crippen LogP contribution in [-0.4, -0.2) is 16.4 Å². The number of rotatable bonds is 4. The SMILES string of the molecule is C/C(=N\c1c(C(C)(C)C)cc(C)cc1C(C)(C)C)c1cccc(/C(C)=N/c2c(C(C)(C)C)cc(C)cc2C(C)(C)C)n1. The fourth-order valence-electron chi connectivity index (χ4n) is 5.37. The van der Waals surface area contributed by atoms with Crippen molar-refractivity contribution in [2.75, 3.05) is 0 Å². The van der Waals surface area contributed by atoms with Gasteiger partial charge in [0.25, 0.3) is 0 Å². The van der Waals surface area contributed by atoms with Gasteiger partial charge in [0.1, 0.15) is 0 Å². The normalized spacial score (nSPS) is 14.0. The number of hydrogen-bond acceptors (Lipinski definition) is 3. The lowest BCUT2D eigenvalue weighted by atomic mass is 9.78. The van der Waals surface area contributed by atoms with Crippen LogP contribution in [0.25, 0.3) is 0 Å². The third kappa shape index (κ3) is 7.65. The van der Waals surface area contributed by atoms with Crippen LogP contribution in [0.4, 0.5) is 11.4 Å². The van der Waals surface area contributed by atoms with Crippen LogP contribution in [0, 0.1) is 13.8 Å². The van der Waals surface area contributed by atoms with Crippen LogP contribution in [0.15, 0.2) is 52.4 Å². The van der Waals surface area contributed by atoms with E-state index in [4.69, 9.17) is 15.0 Å². The molecule has 3 rings (SSSR count). The van der Waals surface area contributed by atoms with E-state index < -0.39 is 0 Å².